The normalized spacial score (nSPS) is 10.5. The molecule has 0 bridgehead atoms. The quantitative estimate of drug-likeness (QED) is 0.356. The van der Waals surface area contributed by atoms with Gasteiger partial charge in [-0.15, -0.1) is 22.7 Å². The van der Waals surface area contributed by atoms with Crippen LogP contribution >= 0.6 is 22.7 Å². The number of hydrogen-bond donors (Lipinski definition) is 2. The molecule has 1 aromatic carbocycles. The van der Waals surface area contributed by atoms with Gasteiger partial charge in [-0.2, -0.15) is 0 Å². The van der Waals surface area contributed by atoms with Crippen molar-refractivity contribution >= 4 is 39.6 Å². The van der Waals surface area contributed by atoms with Crippen LogP contribution in [0.15, 0.2) is 71.6 Å². The number of thiazole rings is 1. The van der Waals surface area contributed by atoms with Gasteiger partial charge < -0.3 is 15.4 Å². The minimum atomic E-state index is -0.142. The summed E-state index contributed by atoms with van der Waals surface area (Å²) >= 11 is 2.85. The Balaban J connectivity index is 1.22. The molecule has 4 rings (SSSR count). The Morgan fingerprint density at radius 3 is 2.70 bits per heavy atom. The predicted octanol–water partition coefficient (Wildman–Crippen LogP) is 4.22. The molecule has 0 saturated heterocycles. The van der Waals surface area contributed by atoms with Gasteiger partial charge in [0.1, 0.15) is 12.4 Å². The zero-order chi connectivity index (χ0) is 22.9. The number of thiophene rings is 1. The van der Waals surface area contributed by atoms with E-state index in [-0.39, 0.29) is 18.2 Å². The standard InChI is InChI=1S/C24H22N4O3S2/c29-22(12-19-16-33-24(27-19)28-23(30)13-21-8-4-10-32-21)26-14-17-5-3-7-20(11-17)31-15-18-6-1-2-9-25-18/h1-11,16H,12-15H2,(H,26,29)(H,27,28,30). The van der Waals surface area contributed by atoms with Gasteiger partial charge in [0, 0.05) is 23.0 Å². The molecule has 0 aliphatic carbocycles. The second-order valence-corrected chi connectivity index (χ2v) is 9.05. The highest BCUT2D eigenvalue weighted by Crippen LogP contribution is 2.18. The Morgan fingerprint density at radius 1 is 0.939 bits per heavy atom. The zero-order valence-electron chi connectivity index (χ0n) is 17.7. The number of carbonyl (C=O) groups is 2. The lowest BCUT2D eigenvalue weighted by atomic mass is 10.2. The van der Waals surface area contributed by atoms with Crippen molar-refractivity contribution in [1.29, 1.82) is 0 Å². The summed E-state index contributed by atoms with van der Waals surface area (Å²) in [5, 5.41) is 9.91. The van der Waals surface area contributed by atoms with Crippen LogP contribution in [0.1, 0.15) is 21.8 Å². The third-order valence-electron chi connectivity index (χ3n) is 4.56. The van der Waals surface area contributed by atoms with Crippen molar-refractivity contribution in [3.05, 3.63) is 93.4 Å². The number of anilines is 1. The molecule has 4 aromatic rings. The maximum absolute atomic E-state index is 12.4. The number of benzene rings is 1. The van der Waals surface area contributed by atoms with E-state index in [1.807, 2.05) is 60.0 Å². The van der Waals surface area contributed by atoms with Gasteiger partial charge in [0.25, 0.3) is 0 Å². The number of nitrogens with zero attached hydrogens (tertiary/aromatic N) is 2. The number of aromatic nitrogens is 2. The summed E-state index contributed by atoms with van der Waals surface area (Å²) in [6, 6.07) is 17.1. The first-order chi connectivity index (χ1) is 16.1. The van der Waals surface area contributed by atoms with Crippen LogP contribution in [0, 0.1) is 0 Å². The van der Waals surface area contributed by atoms with Crippen molar-refractivity contribution in [2.75, 3.05) is 5.32 Å². The van der Waals surface area contributed by atoms with Gasteiger partial charge >= 0.3 is 0 Å². The number of amides is 2. The van der Waals surface area contributed by atoms with E-state index >= 15 is 0 Å². The minimum Gasteiger partial charge on any atom is -0.487 e. The van der Waals surface area contributed by atoms with Crippen LogP contribution in [0.2, 0.25) is 0 Å². The molecule has 0 atom stereocenters. The summed E-state index contributed by atoms with van der Waals surface area (Å²) in [4.78, 5) is 34.0. The fourth-order valence-electron chi connectivity index (χ4n) is 2.99. The molecule has 2 amide bonds. The van der Waals surface area contributed by atoms with Crippen LogP contribution in [0.4, 0.5) is 5.13 Å². The number of ether oxygens (including phenoxy) is 1. The second-order valence-electron chi connectivity index (χ2n) is 7.16. The lowest BCUT2D eigenvalue weighted by Gasteiger charge is -2.09. The van der Waals surface area contributed by atoms with E-state index in [4.69, 9.17) is 4.74 Å². The van der Waals surface area contributed by atoms with E-state index in [1.54, 1.807) is 22.9 Å². The van der Waals surface area contributed by atoms with Gasteiger partial charge in [0.2, 0.25) is 11.8 Å². The highest BCUT2D eigenvalue weighted by Gasteiger charge is 2.11. The van der Waals surface area contributed by atoms with Crippen LogP contribution < -0.4 is 15.4 Å². The molecule has 0 radical (unpaired) electrons. The van der Waals surface area contributed by atoms with Crippen molar-refractivity contribution in [1.82, 2.24) is 15.3 Å². The summed E-state index contributed by atoms with van der Waals surface area (Å²) in [7, 11) is 0. The first-order valence-corrected chi connectivity index (χ1v) is 12.0. The molecule has 168 valence electrons. The van der Waals surface area contributed by atoms with Gasteiger partial charge in [-0.1, -0.05) is 24.3 Å². The Labute approximate surface area is 199 Å². The van der Waals surface area contributed by atoms with Crippen LogP contribution in [-0.2, 0) is 35.6 Å². The minimum absolute atomic E-state index is 0.118. The van der Waals surface area contributed by atoms with E-state index in [9.17, 15) is 9.59 Å². The van der Waals surface area contributed by atoms with Crippen molar-refractivity contribution in [2.45, 2.75) is 26.0 Å². The fourth-order valence-corrected chi connectivity index (χ4v) is 4.42. The molecule has 0 unspecified atom stereocenters. The fraction of sp³-hybridized carbons (Fsp3) is 0.167. The molecule has 2 N–H and O–H groups in total. The van der Waals surface area contributed by atoms with Crippen LogP contribution in [0.5, 0.6) is 5.75 Å². The molecule has 33 heavy (non-hydrogen) atoms. The summed E-state index contributed by atoms with van der Waals surface area (Å²) in [5.41, 5.74) is 2.40. The van der Waals surface area contributed by atoms with Gasteiger partial charge in [0.15, 0.2) is 5.13 Å². The van der Waals surface area contributed by atoms with Gasteiger partial charge in [-0.3, -0.25) is 14.6 Å². The molecule has 0 aliphatic rings. The molecule has 9 heteroatoms. The van der Waals surface area contributed by atoms with Gasteiger partial charge in [0.05, 0.1) is 24.2 Å². The lowest BCUT2D eigenvalue weighted by molar-refractivity contribution is -0.120. The average Bonchev–Trinajstić information content (AvgIpc) is 3.49. The Kier molecular flexibility index (Phi) is 7.78. The average molecular weight is 479 g/mol. The zero-order valence-corrected chi connectivity index (χ0v) is 19.3. The Hall–Kier alpha value is -3.56. The largest absolute Gasteiger partial charge is 0.487 e. The maximum atomic E-state index is 12.4. The van der Waals surface area contributed by atoms with Crippen molar-refractivity contribution < 1.29 is 14.3 Å². The molecule has 3 aromatic heterocycles. The SMILES string of the molecule is O=C(Cc1csc(NC(=O)Cc2cccs2)n1)NCc1cccc(OCc2ccccn2)c1. The molecule has 7 nitrogen and oxygen atoms in total. The third kappa shape index (κ3) is 7.23. The summed E-state index contributed by atoms with van der Waals surface area (Å²) < 4.78 is 5.78. The maximum Gasteiger partial charge on any atom is 0.231 e. The number of nitrogens with one attached hydrogen (secondary N) is 2. The van der Waals surface area contributed by atoms with E-state index in [0.29, 0.717) is 30.4 Å². The van der Waals surface area contributed by atoms with Crippen LogP contribution in [-0.4, -0.2) is 21.8 Å². The molecular formula is C24H22N4O3S2. The first kappa shape index (κ1) is 22.6. The van der Waals surface area contributed by atoms with Crippen molar-refractivity contribution in [2.24, 2.45) is 0 Å². The van der Waals surface area contributed by atoms with Crippen molar-refractivity contribution in [3.63, 3.8) is 0 Å². The van der Waals surface area contributed by atoms with E-state index in [1.165, 1.54) is 11.3 Å². The first-order valence-electron chi connectivity index (χ1n) is 10.3. The molecule has 3 heterocycles. The van der Waals surface area contributed by atoms with Crippen molar-refractivity contribution in [3.8, 4) is 5.75 Å². The summed E-state index contributed by atoms with van der Waals surface area (Å²) in [6.07, 6.45) is 2.19. The highest BCUT2D eigenvalue weighted by atomic mass is 32.1. The van der Waals surface area contributed by atoms with Gasteiger partial charge in [-0.05, 0) is 41.3 Å². The summed E-state index contributed by atoms with van der Waals surface area (Å²) in [6.45, 7) is 0.765. The summed E-state index contributed by atoms with van der Waals surface area (Å²) in [5.74, 6) is 0.458. The predicted molar refractivity (Wildman–Crippen MR) is 129 cm³/mol. The molecule has 0 saturated carbocycles. The second kappa shape index (κ2) is 11.3. The smallest absolute Gasteiger partial charge is 0.231 e. The number of pyridine rings is 1. The molecule has 0 spiro atoms. The molecule has 0 fully saturated rings. The van der Waals surface area contributed by atoms with Crippen LogP contribution in [0.3, 0.4) is 0 Å². The Bertz CT molecular complexity index is 1190. The lowest BCUT2D eigenvalue weighted by Crippen LogP contribution is -2.24. The van der Waals surface area contributed by atoms with E-state index < -0.39 is 0 Å². The highest BCUT2D eigenvalue weighted by molar-refractivity contribution is 7.14. The van der Waals surface area contributed by atoms with E-state index in [0.717, 1.165) is 21.9 Å². The third-order valence-corrected chi connectivity index (χ3v) is 6.24. The van der Waals surface area contributed by atoms with Crippen LogP contribution in [0.25, 0.3) is 0 Å². The molecular weight excluding hydrogens is 456 g/mol. The number of carbonyl (C=O) groups excluding carboxylic acids is 2. The molecule has 0 aliphatic heterocycles. The van der Waals surface area contributed by atoms with Gasteiger partial charge in [-0.25, -0.2) is 4.98 Å². The van der Waals surface area contributed by atoms with E-state index in [2.05, 4.69) is 20.6 Å². The monoisotopic (exact) mass is 478 g/mol. The number of hydrogen-bond acceptors (Lipinski definition) is 7. The topological polar surface area (TPSA) is 93.2 Å². The Morgan fingerprint density at radius 2 is 1.88 bits per heavy atom. The number of rotatable bonds is 10.